The third-order valence-corrected chi connectivity index (χ3v) is 7.47. The summed E-state index contributed by atoms with van der Waals surface area (Å²) in [6.07, 6.45) is 3.74. The van der Waals surface area contributed by atoms with Crippen molar-refractivity contribution in [3.05, 3.63) is 51.0 Å². The summed E-state index contributed by atoms with van der Waals surface area (Å²) in [4.78, 5) is 49.3. The van der Waals surface area contributed by atoms with Gasteiger partial charge in [0.15, 0.2) is 0 Å². The van der Waals surface area contributed by atoms with Crippen molar-refractivity contribution in [2.24, 2.45) is 0 Å². The van der Waals surface area contributed by atoms with Gasteiger partial charge in [-0.05, 0) is 51.8 Å². The van der Waals surface area contributed by atoms with Gasteiger partial charge >= 0.3 is 12.1 Å². The molecule has 2 aromatic heterocycles. The van der Waals surface area contributed by atoms with Gasteiger partial charge in [0.25, 0.3) is 5.91 Å². The number of aromatic carboxylic acids is 1. The molecule has 0 unspecified atom stereocenters. The number of anilines is 1. The van der Waals surface area contributed by atoms with Crippen LogP contribution in [0.25, 0.3) is 11.0 Å². The largest absolute Gasteiger partial charge is 0.478 e. The molecular weight excluding hydrogens is 560 g/mol. The Hall–Kier alpha value is -3.81. The maximum absolute atomic E-state index is 13.4. The Balaban J connectivity index is 1.69. The standard InChI is InChI=1S/C29H38N6O6S/c1-6-21-24(42-18(2)31-21)25(36)33-27-32-22-16-19(26(37)38)15-20(17-34-11-13-40-14-12-34)23(22)35(27)10-8-7-9-30-28(39)41-29(3,4)5/h7-8,15-16H,6,9-14,17H2,1-5H3,(H,30,39)(H,37,38)(H,32,33,36)/b8-7+. The van der Waals surface area contributed by atoms with E-state index < -0.39 is 17.7 Å². The SMILES string of the molecule is CCc1nc(C)sc1C(=O)Nc1nc2cc(C(=O)O)cc(CN3CCOCC3)c2n1C/C=C/CNC(=O)OC(C)(C)C. The molecule has 3 aromatic rings. The van der Waals surface area contributed by atoms with E-state index in [0.29, 0.717) is 54.8 Å². The molecule has 226 valence electrons. The predicted octanol–water partition coefficient (Wildman–Crippen LogP) is 4.23. The average molecular weight is 599 g/mol. The van der Waals surface area contributed by atoms with Crippen molar-refractivity contribution in [3.8, 4) is 0 Å². The number of carboxylic acids is 1. The van der Waals surface area contributed by atoms with Crippen LogP contribution in [-0.4, -0.2) is 81.0 Å². The number of carbonyl (C=O) groups is 3. The van der Waals surface area contributed by atoms with Crippen LogP contribution in [0.15, 0.2) is 24.3 Å². The summed E-state index contributed by atoms with van der Waals surface area (Å²) < 4.78 is 12.6. The Morgan fingerprint density at radius 1 is 1.17 bits per heavy atom. The summed E-state index contributed by atoms with van der Waals surface area (Å²) in [7, 11) is 0. The molecule has 3 N–H and O–H groups in total. The summed E-state index contributed by atoms with van der Waals surface area (Å²) >= 11 is 1.32. The fraction of sp³-hybridized carbons (Fsp3) is 0.483. The Bertz CT molecular complexity index is 1480. The lowest BCUT2D eigenvalue weighted by atomic mass is 10.1. The molecule has 3 heterocycles. The van der Waals surface area contributed by atoms with Gasteiger partial charge in [0.1, 0.15) is 10.5 Å². The molecule has 1 aliphatic heterocycles. The number of ether oxygens (including phenoxy) is 2. The third kappa shape index (κ3) is 7.93. The van der Waals surface area contributed by atoms with Gasteiger partial charge in [-0.25, -0.2) is 19.6 Å². The van der Waals surface area contributed by atoms with Gasteiger partial charge in [0.2, 0.25) is 5.95 Å². The maximum atomic E-state index is 13.4. The number of alkyl carbamates (subject to hydrolysis) is 1. The first-order valence-electron chi connectivity index (χ1n) is 13.9. The van der Waals surface area contributed by atoms with Crippen molar-refractivity contribution in [3.63, 3.8) is 0 Å². The van der Waals surface area contributed by atoms with Crippen LogP contribution in [-0.2, 0) is 29.0 Å². The van der Waals surface area contributed by atoms with E-state index in [1.165, 1.54) is 17.4 Å². The zero-order valence-corrected chi connectivity index (χ0v) is 25.5. The fourth-order valence-electron chi connectivity index (χ4n) is 4.64. The second kappa shape index (κ2) is 13.4. The minimum Gasteiger partial charge on any atom is -0.478 e. The van der Waals surface area contributed by atoms with E-state index in [-0.39, 0.29) is 18.0 Å². The lowest BCUT2D eigenvalue weighted by Crippen LogP contribution is -2.35. The summed E-state index contributed by atoms with van der Waals surface area (Å²) in [6.45, 7) is 12.9. The molecular formula is C29H38N6O6S. The lowest BCUT2D eigenvalue weighted by Gasteiger charge is -2.27. The number of aromatic nitrogens is 3. The maximum Gasteiger partial charge on any atom is 0.407 e. The van der Waals surface area contributed by atoms with Crippen LogP contribution in [0.2, 0.25) is 0 Å². The summed E-state index contributed by atoms with van der Waals surface area (Å²) in [5, 5.41) is 16.3. The van der Waals surface area contributed by atoms with Crippen LogP contribution in [0.1, 0.15) is 64.0 Å². The Labute approximate surface area is 248 Å². The normalized spacial score (nSPS) is 14.4. The molecule has 1 saturated heterocycles. The van der Waals surface area contributed by atoms with Crippen LogP contribution in [0.4, 0.5) is 10.7 Å². The quantitative estimate of drug-likeness (QED) is 0.292. The first kappa shape index (κ1) is 31.1. The van der Waals surface area contributed by atoms with E-state index in [1.807, 2.05) is 24.5 Å². The number of carbonyl (C=O) groups excluding carboxylic acids is 2. The number of nitrogens with one attached hydrogen (secondary N) is 2. The molecule has 0 radical (unpaired) electrons. The van der Waals surface area contributed by atoms with Crippen LogP contribution in [0.5, 0.6) is 0 Å². The highest BCUT2D eigenvalue weighted by molar-refractivity contribution is 7.13. The van der Waals surface area contributed by atoms with Crippen molar-refractivity contribution in [1.82, 2.24) is 24.8 Å². The molecule has 12 nitrogen and oxygen atoms in total. The molecule has 0 aliphatic carbocycles. The van der Waals surface area contributed by atoms with Gasteiger partial charge in [-0.1, -0.05) is 19.1 Å². The van der Waals surface area contributed by atoms with E-state index in [4.69, 9.17) is 9.47 Å². The van der Waals surface area contributed by atoms with E-state index in [0.717, 1.165) is 29.2 Å². The summed E-state index contributed by atoms with van der Waals surface area (Å²) in [6, 6.07) is 3.19. The van der Waals surface area contributed by atoms with Crippen molar-refractivity contribution in [1.29, 1.82) is 0 Å². The minimum absolute atomic E-state index is 0.122. The molecule has 42 heavy (non-hydrogen) atoms. The van der Waals surface area contributed by atoms with Gasteiger partial charge in [0.05, 0.1) is 40.5 Å². The number of allylic oxidation sites excluding steroid dienone is 1. The molecule has 4 rings (SSSR count). The zero-order valence-electron chi connectivity index (χ0n) is 24.7. The summed E-state index contributed by atoms with van der Waals surface area (Å²) in [5.41, 5.74) is 2.20. The number of aryl methyl sites for hydroxylation is 2. The summed E-state index contributed by atoms with van der Waals surface area (Å²) in [5.74, 6) is -1.09. The number of hydrogen-bond donors (Lipinski definition) is 3. The topological polar surface area (TPSA) is 148 Å². The third-order valence-electron chi connectivity index (χ3n) is 6.45. The van der Waals surface area contributed by atoms with E-state index in [1.54, 1.807) is 32.9 Å². The first-order chi connectivity index (χ1) is 19.9. The second-order valence-corrected chi connectivity index (χ2v) is 12.1. The van der Waals surface area contributed by atoms with Gasteiger partial charge < -0.3 is 24.5 Å². The van der Waals surface area contributed by atoms with Gasteiger partial charge in [-0.2, -0.15) is 0 Å². The zero-order chi connectivity index (χ0) is 30.4. The van der Waals surface area contributed by atoms with E-state index in [9.17, 15) is 19.5 Å². The number of carboxylic acid groups (broad SMARTS) is 1. The highest BCUT2D eigenvalue weighted by Gasteiger charge is 2.23. The number of thiazole rings is 1. The molecule has 0 spiro atoms. The average Bonchev–Trinajstić information content (AvgIpc) is 3.47. The molecule has 1 aliphatic rings. The number of nitrogens with zero attached hydrogens (tertiary/aromatic N) is 4. The minimum atomic E-state index is -1.05. The van der Waals surface area contributed by atoms with Crippen LogP contribution >= 0.6 is 11.3 Å². The molecule has 1 aromatic carbocycles. The molecule has 1 fully saturated rings. The molecule has 13 heteroatoms. The Morgan fingerprint density at radius 3 is 2.57 bits per heavy atom. The Morgan fingerprint density at radius 2 is 1.90 bits per heavy atom. The lowest BCUT2D eigenvalue weighted by molar-refractivity contribution is 0.0343. The molecule has 2 amide bonds. The molecule has 0 bridgehead atoms. The van der Waals surface area contributed by atoms with E-state index >= 15 is 0 Å². The Kier molecular flexibility index (Phi) is 9.97. The number of benzene rings is 1. The number of amides is 2. The highest BCUT2D eigenvalue weighted by Crippen LogP contribution is 2.28. The van der Waals surface area contributed by atoms with Crippen molar-refractivity contribution in [2.75, 3.05) is 38.2 Å². The smallest absolute Gasteiger partial charge is 0.407 e. The molecule has 0 saturated carbocycles. The number of morpholine rings is 1. The van der Waals surface area contributed by atoms with Gasteiger partial charge in [0, 0.05) is 32.7 Å². The van der Waals surface area contributed by atoms with Crippen molar-refractivity contribution >= 4 is 46.3 Å². The first-order valence-corrected chi connectivity index (χ1v) is 14.7. The van der Waals surface area contributed by atoms with Crippen molar-refractivity contribution in [2.45, 2.75) is 59.7 Å². The van der Waals surface area contributed by atoms with E-state index in [2.05, 4.69) is 25.5 Å². The number of rotatable bonds is 10. The fourth-order valence-corrected chi connectivity index (χ4v) is 5.54. The van der Waals surface area contributed by atoms with Crippen LogP contribution in [0.3, 0.4) is 0 Å². The van der Waals surface area contributed by atoms with Crippen molar-refractivity contribution < 1.29 is 29.0 Å². The monoisotopic (exact) mass is 598 g/mol. The predicted molar refractivity (Wildman–Crippen MR) is 160 cm³/mol. The molecule has 0 atom stereocenters. The van der Waals surface area contributed by atoms with Gasteiger partial charge in [-0.3, -0.25) is 15.0 Å². The number of imidazole rings is 1. The second-order valence-electron chi connectivity index (χ2n) is 10.9. The van der Waals surface area contributed by atoms with Gasteiger partial charge in [-0.15, -0.1) is 11.3 Å². The van der Waals surface area contributed by atoms with Crippen LogP contribution < -0.4 is 10.6 Å². The number of fused-ring (bicyclic) bond motifs is 1. The number of hydrogen-bond acceptors (Lipinski definition) is 9. The van der Waals surface area contributed by atoms with Crippen LogP contribution in [0, 0.1) is 6.92 Å². The highest BCUT2D eigenvalue weighted by atomic mass is 32.1.